The predicted octanol–water partition coefficient (Wildman–Crippen LogP) is 1.00. The Kier molecular flexibility index (Phi) is 5.48. The van der Waals surface area contributed by atoms with E-state index in [9.17, 15) is 18.4 Å². The topological polar surface area (TPSA) is 104 Å². The van der Waals surface area contributed by atoms with Crippen LogP contribution in [0.25, 0.3) is 0 Å². The lowest BCUT2D eigenvalue weighted by Gasteiger charge is -2.32. The Morgan fingerprint density at radius 2 is 2.04 bits per heavy atom. The van der Waals surface area contributed by atoms with E-state index in [-0.39, 0.29) is 23.9 Å². The summed E-state index contributed by atoms with van der Waals surface area (Å²) in [6.45, 7) is -0.0545. The average Bonchev–Trinajstić information content (AvgIpc) is 2.68. The van der Waals surface area contributed by atoms with Gasteiger partial charge in [0, 0.05) is 12.6 Å². The smallest absolute Gasteiger partial charge is 0.339 e. The lowest BCUT2D eigenvalue weighted by Crippen LogP contribution is -2.48. The Labute approximate surface area is 151 Å². The van der Waals surface area contributed by atoms with Crippen molar-refractivity contribution in [2.45, 2.75) is 36.8 Å². The van der Waals surface area contributed by atoms with Gasteiger partial charge >= 0.3 is 11.8 Å². The quantitative estimate of drug-likeness (QED) is 0.437. The van der Waals surface area contributed by atoms with Gasteiger partial charge in [0.1, 0.15) is 12.2 Å². The van der Waals surface area contributed by atoms with Crippen molar-refractivity contribution in [3.63, 3.8) is 0 Å². The van der Waals surface area contributed by atoms with Crippen molar-refractivity contribution in [2.24, 2.45) is 0 Å². The van der Waals surface area contributed by atoms with Gasteiger partial charge in [-0.25, -0.2) is 13.1 Å². The van der Waals surface area contributed by atoms with Crippen LogP contribution in [0.4, 0.5) is 0 Å². The molecule has 1 fully saturated rings. The highest BCUT2D eigenvalue weighted by Crippen LogP contribution is 2.26. The number of esters is 1. The van der Waals surface area contributed by atoms with Crippen LogP contribution >= 0.6 is 0 Å². The molecule has 1 saturated heterocycles. The van der Waals surface area contributed by atoms with Crippen LogP contribution in [0.3, 0.4) is 0 Å². The van der Waals surface area contributed by atoms with Crippen LogP contribution < -0.4 is 4.73 Å². The number of sulfonamides is 1. The van der Waals surface area contributed by atoms with Gasteiger partial charge in [0.25, 0.3) is 0 Å². The summed E-state index contributed by atoms with van der Waals surface area (Å²) < 4.78 is 32.6. The summed E-state index contributed by atoms with van der Waals surface area (Å²) in [6, 6.07) is 8.56. The van der Waals surface area contributed by atoms with E-state index in [0.717, 1.165) is 6.42 Å². The Balaban J connectivity index is 1.76. The molecule has 1 atom stereocenters. The van der Waals surface area contributed by atoms with E-state index in [0.29, 0.717) is 17.6 Å². The molecule has 0 radical (unpaired) electrons. The summed E-state index contributed by atoms with van der Waals surface area (Å²) >= 11 is 0. The fraction of sp³-hybridized carbons (Fsp3) is 0.353. The second-order valence-corrected chi connectivity index (χ2v) is 7.80. The molecule has 0 amide bonds. The molecule has 0 saturated carbocycles. The van der Waals surface area contributed by atoms with Crippen molar-refractivity contribution >= 4 is 16.0 Å². The minimum Gasteiger partial charge on any atom is -0.711 e. The van der Waals surface area contributed by atoms with Gasteiger partial charge in [0.15, 0.2) is 6.61 Å². The number of rotatable bonds is 5. The molecule has 8 nitrogen and oxygen atoms in total. The molecule has 26 heavy (non-hydrogen) atoms. The summed E-state index contributed by atoms with van der Waals surface area (Å²) in [5, 5.41) is 11.6. The fourth-order valence-electron chi connectivity index (χ4n) is 2.88. The minimum absolute atomic E-state index is 0.0362. The maximum absolute atomic E-state index is 12.9. The molecule has 2 aromatic rings. The summed E-state index contributed by atoms with van der Waals surface area (Å²) in [6.07, 6.45) is 4.46. The fourth-order valence-corrected chi connectivity index (χ4v) is 4.55. The van der Waals surface area contributed by atoms with Gasteiger partial charge in [-0.1, -0.05) is 18.2 Å². The molecule has 0 aliphatic carbocycles. The number of carbonyl (C=O) groups is 1. The first-order chi connectivity index (χ1) is 12.5. The Hall–Kier alpha value is -2.52. The molecule has 9 heteroatoms. The minimum atomic E-state index is -3.80. The SMILES string of the molecule is O=C(OCc1nccc[n+]1[O-])C1CCCCN1S(=O)(=O)c1ccccc1. The molecule has 1 aromatic carbocycles. The van der Waals surface area contributed by atoms with Crippen LogP contribution in [-0.2, 0) is 26.2 Å². The maximum atomic E-state index is 12.9. The summed E-state index contributed by atoms with van der Waals surface area (Å²) in [5.41, 5.74) is 0. The normalized spacial score (nSPS) is 18.4. The van der Waals surface area contributed by atoms with Crippen molar-refractivity contribution in [2.75, 3.05) is 6.54 Å². The first-order valence-corrected chi connectivity index (χ1v) is 9.71. The van der Waals surface area contributed by atoms with Gasteiger partial charge in [-0.15, -0.1) is 0 Å². The Bertz CT molecular complexity index is 873. The molecule has 1 aromatic heterocycles. The molecule has 3 rings (SSSR count). The number of ether oxygens (including phenoxy) is 1. The third-order valence-electron chi connectivity index (χ3n) is 4.20. The largest absolute Gasteiger partial charge is 0.711 e. The zero-order chi connectivity index (χ0) is 18.6. The number of benzene rings is 1. The predicted molar refractivity (Wildman–Crippen MR) is 91.0 cm³/mol. The van der Waals surface area contributed by atoms with Gasteiger partial charge in [0.2, 0.25) is 10.0 Å². The van der Waals surface area contributed by atoms with Crippen LogP contribution in [0.2, 0.25) is 0 Å². The van der Waals surface area contributed by atoms with Gasteiger partial charge in [-0.05, 0) is 36.4 Å². The second kappa shape index (κ2) is 7.79. The van der Waals surface area contributed by atoms with E-state index < -0.39 is 22.0 Å². The van der Waals surface area contributed by atoms with Crippen molar-refractivity contribution < 1.29 is 22.7 Å². The van der Waals surface area contributed by atoms with E-state index in [1.54, 1.807) is 18.2 Å². The number of aromatic nitrogens is 2. The van der Waals surface area contributed by atoms with Crippen LogP contribution in [0.5, 0.6) is 0 Å². The number of hydrogen-bond acceptors (Lipinski definition) is 6. The Morgan fingerprint density at radius 1 is 1.27 bits per heavy atom. The van der Waals surface area contributed by atoms with E-state index in [4.69, 9.17) is 4.74 Å². The highest BCUT2D eigenvalue weighted by molar-refractivity contribution is 7.89. The lowest BCUT2D eigenvalue weighted by atomic mass is 10.1. The van der Waals surface area contributed by atoms with Crippen molar-refractivity contribution in [3.8, 4) is 0 Å². The standard InChI is InChI=1S/C17H19N3O5S/c21-17(25-13-16-18-10-6-11-19(16)22)15-9-4-5-12-20(15)26(23,24)14-7-2-1-3-8-14/h1-3,6-8,10-11,15H,4-5,9,12-13H2. The summed E-state index contributed by atoms with van der Waals surface area (Å²) in [5.74, 6) is -0.635. The molecule has 0 N–H and O–H groups in total. The first kappa shape index (κ1) is 18.3. The third-order valence-corrected chi connectivity index (χ3v) is 6.13. The molecule has 0 bridgehead atoms. The molecule has 2 heterocycles. The molecule has 1 aliphatic rings. The maximum Gasteiger partial charge on any atom is 0.339 e. The van der Waals surface area contributed by atoms with E-state index >= 15 is 0 Å². The van der Waals surface area contributed by atoms with Gasteiger partial charge in [-0.2, -0.15) is 4.31 Å². The molecule has 0 spiro atoms. The first-order valence-electron chi connectivity index (χ1n) is 8.27. The molecule has 1 unspecified atom stereocenters. The van der Waals surface area contributed by atoms with Crippen LogP contribution in [0.15, 0.2) is 53.7 Å². The van der Waals surface area contributed by atoms with Crippen molar-refractivity contribution in [1.82, 2.24) is 9.29 Å². The number of piperidine rings is 1. The number of nitrogens with zero attached hydrogens (tertiary/aromatic N) is 3. The van der Waals surface area contributed by atoms with Crippen LogP contribution in [-0.4, -0.2) is 36.3 Å². The number of carbonyl (C=O) groups excluding carboxylic acids is 1. The zero-order valence-electron chi connectivity index (χ0n) is 14.0. The van der Waals surface area contributed by atoms with E-state index in [2.05, 4.69) is 4.98 Å². The monoisotopic (exact) mass is 377 g/mol. The third kappa shape index (κ3) is 3.83. The van der Waals surface area contributed by atoms with E-state index in [1.165, 1.54) is 34.9 Å². The molecule has 1 aliphatic heterocycles. The van der Waals surface area contributed by atoms with Gasteiger partial charge in [0.05, 0.1) is 11.1 Å². The molecular weight excluding hydrogens is 358 g/mol. The summed E-state index contributed by atoms with van der Waals surface area (Å²) in [7, 11) is -3.80. The number of hydrogen-bond donors (Lipinski definition) is 0. The highest BCUT2D eigenvalue weighted by atomic mass is 32.2. The van der Waals surface area contributed by atoms with Gasteiger partial charge < -0.3 is 9.94 Å². The van der Waals surface area contributed by atoms with Crippen molar-refractivity contribution in [1.29, 1.82) is 0 Å². The summed E-state index contributed by atoms with van der Waals surface area (Å²) in [4.78, 5) is 16.5. The zero-order valence-corrected chi connectivity index (χ0v) is 14.8. The van der Waals surface area contributed by atoms with Crippen molar-refractivity contribution in [3.05, 3.63) is 59.8 Å². The lowest BCUT2D eigenvalue weighted by molar-refractivity contribution is -0.620. The molecule has 138 valence electrons. The van der Waals surface area contributed by atoms with Crippen LogP contribution in [0.1, 0.15) is 25.1 Å². The van der Waals surface area contributed by atoms with Crippen LogP contribution in [0, 0.1) is 5.21 Å². The average molecular weight is 377 g/mol. The highest BCUT2D eigenvalue weighted by Gasteiger charge is 2.38. The molecular formula is C17H19N3O5S. The van der Waals surface area contributed by atoms with E-state index in [1.807, 2.05) is 0 Å². The van der Waals surface area contributed by atoms with Gasteiger partial charge in [-0.3, -0.25) is 4.79 Å². The Morgan fingerprint density at radius 3 is 2.77 bits per heavy atom. The second-order valence-electron chi connectivity index (χ2n) is 5.91.